The number of carbonyl (C=O) groups excluding carboxylic acids is 1. The van der Waals surface area contributed by atoms with Crippen molar-refractivity contribution in [2.24, 2.45) is 0 Å². The molecule has 0 aromatic carbocycles. The van der Waals surface area contributed by atoms with Crippen molar-refractivity contribution in [3.05, 3.63) is 15.9 Å². The number of carbonyl (C=O) groups is 1. The Bertz CT molecular complexity index is 545. The fourth-order valence-corrected chi connectivity index (χ4v) is 4.46. The molecule has 0 aliphatic heterocycles. The van der Waals surface area contributed by atoms with Gasteiger partial charge in [0.05, 0.1) is 10.3 Å². The number of nitrogens with one attached hydrogen (secondary N) is 3. The summed E-state index contributed by atoms with van der Waals surface area (Å²) in [4.78, 5) is 11.6. The average Bonchev–Trinajstić information content (AvgIpc) is 2.82. The normalized spacial score (nSPS) is 13.2. The van der Waals surface area contributed by atoms with Crippen LogP contribution in [0.15, 0.2) is 20.1 Å². The molecular formula is C11H18BrN3O3S2. The van der Waals surface area contributed by atoms with Crippen molar-refractivity contribution in [2.75, 3.05) is 19.6 Å². The van der Waals surface area contributed by atoms with Crippen LogP contribution in [0.4, 0.5) is 0 Å². The number of rotatable bonds is 8. The summed E-state index contributed by atoms with van der Waals surface area (Å²) in [7, 11) is -3.62. The van der Waals surface area contributed by atoms with Gasteiger partial charge in [0.2, 0.25) is 5.91 Å². The van der Waals surface area contributed by atoms with Gasteiger partial charge in [-0.05, 0) is 41.5 Å². The van der Waals surface area contributed by atoms with E-state index in [1.165, 1.54) is 6.07 Å². The first-order chi connectivity index (χ1) is 9.35. The number of hydrogen-bond acceptors (Lipinski definition) is 5. The van der Waals surface area contributed by atoms with Crippen LogP contribution < -0.4 is 15.4 Å². The molecule has 0 unspecified atom stereocenters. The SMILES string of the molecule is CCN[C@H](C)CNC(=O)CNS(=O)(=O)c1ccc(Br)s1. The summed E-state index contributed by atoms with van der Waals surface area (Å²) < 4.78 is 26.9. The number of thiophene rings is 1. The van der Waals surface area contributed by atoms with Crippen LogP contribution in [-0.2, 0) is 14.8 Å². The Kier molecular flexibility index (Phi) is 7.10. The summed E-state index contributed by atoms with van der Waals surface area (Å²) in [6.45, 7) is 4.93. The molecule has 0 saturated carbocycles. The second kappa shape index (κ2) is 8.08. The van der Waals surface area contributed by atoms with Gasteiger partial charge in [-0.3, -0.25) is 4.79 Å². The molecule has 0 saturated heterocycles. The third-order valence-electron chi connectivity index (χ3n) is 2.39. The third-order valence-corrected chi connectivity index (χ3v) is 5.91. The van der Waals surface area contributed by atoms with Crippen molar-refractivity contribution < 1.29 is 13.2 Å². The average molecular weight is 384 g/mol. The first-order valence-electron chi connectivity index (χ1n) is 6.10. The van der Waals surface area contributed by atoms with Crippen LogP contribution in [0.25, 0.3) is 0 Å². The molecule has 0 radical (unpaired) electrons. The van der Waals surface area contributed by atoms with E-state index in [2.05, 4.69) is 31.3 Å². The van der Waals surface area contributed by atoms with Gasteiger partial charge >= 0.3 is 0 Å². The van der Waals surface area contributed by atoms with Crippen LogP contribution >= 0.6 is 27.3 Å². The highest BCUT2D eigenvalue weighted by molar-refractivity contribution is 9.11. The zero-order valence-corrected chi connectivity index (χ0v) is 14.5. The molecule has 1 atom stereocenters. The first-order valence-corrected chi connectivity index (χ1v) is 9.19. The van der Waals surface area contributed by atoms with Crippen molar-refractivity contribution in [3.63, 3.8) is 0 Å². The molecule has 1 rings (SSSR count). The van der Waals surface area contributed by atoms with Crippen LogP contribution in [0.3, 0.4) is 0 Å². The Morgan fingerprint density at radius 2 is 2.15 bits per heavy atom. The maximum atomic E-state index is 11.9. The fourth-order valence-electron chi connectivity index (χ4n) is 1.42. The zero-order valence-electron chi connectivity index (χ0n) is 11.3. The quantitative estimate of drug-likeness (QED) is 0.622. The van der Waals surface area contributed by atoms with E-state index in [-0.39, 0.29) is 22.7 Å². The van der Waals surface area contributed by atoms with Crippen LogP contribution in [-0.4, -0.2) is 40.0 Å². The predicted molar refractivity (Wildman–Crippen MR) is 83.4 cm³/mol. The molecule has 20 heavy (non-hydrogen) atoms. The molecule has 114 valence electrons. The molecule has 6 nitrogen and oxygen atoms in total. The summed E-state index contributed by atoms with van der Waals surface area (Å²) >= 11 is 4.30. The largest absolute Gasteiger partial charge is 0.353 e. The molecule has 0 bridgehead atoms. The molecule has 1 heterocycles. The minimum Gasteiger partial charge on any atom is -0.353 e. The summed E-state index contributed by atoms with van der Waals surface area (Å²) in [5.74, 6) is -0.353. The second-order valence-corrected chi connectivity index (χ2v) is 8.60. The van der Waals surface area contributed by atoms with E-state index >= 15 is 0 Å². The van der Waals surface area contributed by atoms with Gasteiger partial charge in [-0.15, -0.1) is 11.3 Å². The van der Waals surface area contributed by atoms with E-state index < -0.39 is 10.0 Å². The van der Waals surface area contributed by atoms with Gasteiger partial charge in [0.15, 0.2) is 0 Å². The Morgan fingerprint density at radius 1 is 1.45 bits per heavy atom. The lowest BCUT2D eigenvalue weighted by Crippen LogP contribution is -2.42. The van der Waals surface area contributed by atoms with Gasteiger partial charge in [0, 0.05) is 12.6 Å². The lowest BCUT2D eigenvalue weighted by atomic mass is 10.3. The van der Waals surface area contributed by atoms with Gasteiger partial charge in [0.25, 0.3) is 10.0 Å². The van der Waals surface area contributed by atoms with E-state index in [0.29, 0.717) is 6.54 Å². The second-order valence-electron chi connectivity index (χ2n) is 4.15. The number of halogens is 1. The van der Waals surface area contributed by atoms with Gasteiger partial charge in [-0.25, -0.2) is 13.1 Å². The van der Waals surface area contributed by atoms with E-state index in [4.69, 9.17) is 0 Å². The summed E-state index contributed by atoms with van der Waals surface area (Å²) in [6.07, 6.45) is 0. The summed E-state index contributed by atoms with van der Waals surface area (Å²) in [6, 6.07) is 3.29. The minimum absolute atomic E-state index is 0.147. The predicted octanol–water partition coefficient (Wildman–Crippen LogP) is 0.903. The Labute approximate surface area is 131 Å². The lowest BCUT2D eigenvalue weighted by Gasteiger charge is -2.13. The summed E-state index contributed by atoms with van der Waals surface area (Å²) in [5.41, 5.74) is 0. The van der Waals surface area contributed by atoms with Gasteiger partial charge in [0.1, 0.15) is 4.21 Å². The smallest absolute Gasteiger partial charge is 0.250 e. The summed E-state index contributed by atoms with van der Waals surface area (Å²) in [5, 5.41) is 5.81. The van der Waals surface area contributed by atoms with E-state index in [9.17, 15) is 13.2 Å². The van der Waals surface area contributed by atoms with Crippen molar-refractivity contribution >= 4 is 43.2 Å². The fraction of sp³-hybridized carbons (Fsp3) is 0.545. The molecule has 0 aliphatic rings. The molecule has 1 aromatic rings. The number of amides is 1. The lowest BCUT2D eigenvalue weighted by molar-refractivity contribution is -0.120. The Balaban J connectivity index is 2.41. The maximum Gasteiger partial charge on any atom is 0.250 e. The first kappa shape index (κ1) is 17.6. The Hall–Kier alpha value is -0.480. The van der Waals surface area contributed by atoms with Crippen LogP contribution in [0.2, 0.25) is 0 Å². The van der Waals surface area contributed by atoms with Crippen molar-refractivity contribution in [1.29, 1.82) is 0 Å². The molecule has 3 N–H and O–H groups in total. The number of hydrogen-bond donors (Lipinski definition) is 3. The molecular weight excluding hydrogens is 366 g/mol. The maximum absolute atomic E-state index is 11.9. The third kappa shape index (κ3) is 5.88. The molecule has 0 aliphatic carbocycles. The van der Waals surface area contributed by atoms with E-state index in [1.807, 2.05) is 13.8 Å². The molecule has 1 amide bonds. The highest BCUT2D eigenvalue weighted by Crippen LogP contribution is 2.25. The van der Waals surface area contributed by atoms with Crippen molar-refractivity contribution in [2.45, 2.75) is 24.1 Å². The standard InChI is InChI=1S/C11H18BrN3O3S2/c1-3-13-8(2)6-14-10(16)7-15-20(17,18)11-5-4-9(12)19-11/h4-5,8,13,15H,3,6-7H2,1-2H3,(H,14,16)/t8-/m1/s1. The Morgan fingerprint density at radius 3 is 2.70 bits per heavy atom. The van der Waals surface area contributed by atoms with Crippen LogP contribution in [0.5, 0.6) is 0 Å². The highest BCUT2D eigenvalue weighted by atomic mass is 79.9. The molecule has 1 aromatic heterocycles. The van der Waals surface area contributed by atoms with Gasteiger partial charge < -0.3 is 10.6 Å². The zero-order chi connectivity index (χ0) is 15.2. The monoisotopic (exact) mass is 383 g/mol. The van der Waals surface area contributed by atoms with Crippen LogP contribution in [0.1, 0.15) is 13.8 Å². The highest BCUT2D eigenvalue weighted by Gasteiger charge is 2.17. The van der Waals surface area contributed by atoms with E-state index in [1.54, 1.807) is 6.07 Å². The molecule has 9 heteroatoms. The van der Waals surface area contributed by atoms with Crippen LogP contribution in [0, 0.1) is 0 Å². The number of sulfonamides is 1. The number of likely N-dealkylation sites (N-methyl/N-ethyl adjacent to an activating group) is 1. The minimum atomic E-state index is -3.62. The van der Waals surface area contributed by atoms with Crippen molar-refractivity contribution in [1.82, 2.24) is 15.4 Å². The molecule has 0 spiro atoms. The molecule has 0 fully saturated rings. The van der Waals surface area contributed by atoms with Gasteiger partial charge in [-0.1, -0.05) is 6.92 Å². The van der Waals surface area contributed by atoms with Crippen molar-refractivity contribution in [3.8, 4) is 0 Å². The topological polar surface area (TPSA) is 87.3 Å². The van der Waals surface area contributed by atoms with E-state index in [0.717, 1.165) is 21.7 Å². The van der Waals surface area contributed by atoms with Gasteiger partial charge in [-0.2, -0.15) is 0 Å².